The number of benzene rings is 1. The van der Waals surface area contributed by atoms with E-state index in [4.69, 9.17) is 5.11 Å². The van der Waals surface area contributed by atoms with Crippen LogP contribution in [-0.4, -0.2) is 11.1 Å². The molecule has 1 aliphatic rings. The highest BCUT2D eigenvalue weighted by Crippen LogP contribution is 2.35. The number of aromatic carboxylic acids is 1. The summed E-state index contributed by atoms with van der Waals surface area (Å²) < 4.78 is 13.6. The van der Waals surface area contributed by atoms with Crippen molar-refractivity contribution in [2.24, 2.45) is 5.92 Å². The van der Waals surface area contributed by atoms with Crippen molar-refractivity contribution in [2.45, 2.75) is 38.5 Å². The minimum absolute atomic E-state index is 0.238. The lowest BCUT2D eigenvalue weighted by molar-refractivity contribution is 0.0692. The van der Waals surface area contributed by atoms with Crippen molar-refractivity contribution >= 4 is 5.97 Å². The summed E-state index contributed by atoms with van der Waals surface area (Å²) in [5.74, 6) is -0.669. The molecule has 0 aliphatic heterocycles. The van der Waals surface area contributed by atoms with Gasteiger partial charge in [0.2, 0.25) is 0 Å². The zero-order chi connectivity index (χ0) is 12.4. The third-order valence-corrected chi connectivity index (χ3v) is 3.71. The summed E-state index contributed by atoms with van der Waals surface area (Å²) in [6, 6.07) is 4.53. The summed E-state index contributed by atoms with van der Waals surface area (Å²) in [5.41, 5.74) is 0.706. The van der Waals surface area contributed by atoms with E-state index in [0.717, 1.165) is 24.3 Å². The summed E-state index contributed by atoms with van der Waals surface area (Å²) in [4.78, 5) is 10.7. The average Bonchev–Trinajstić information content (AvgIpc) is 2.29. The van der Waals surface area contributed by atoms with Crippen molar-refractivity contribution in [1.29, 1.82) is 0 Å². The highest BCUT2D eigenvalue weighted by molar-refractivity contribution is 5.87. The number of hydrogen-bond donors (Lipinski definition) is 1. The van der Waals surface area contributed by atoms with Gasteiger partial charge in [-0.15, -0.1) is 0 Å². The molecule has 0 spiro atoms. The Labute approximate surface area is 100 Å². The molecule has 0 saturated heterocycles. The number of carbonyl (C=O) groups is 1. The maximum Gasteiger partial charge on any atom is 0.338 e. The molecule has 17 heavy (non-hydrogen) atoms. The van der Waals surface area contributed by atoms with Gasteiger partial charge >= 0.3 is 5.97 Å². The van der Waals surface area contributed by atoms with Crippen LogP contribution in [0.3, 0.4) is 0 Å². The Hall–Kier alpha value is -1.38. The minimum Gasteiger partial charge on any atom is -0.478 e. The fourth-order valence-electron chi connectivity index (χ4n) is 2.55. The van der Waals surface area contributed by atoms with Crippen molar-refractivity contribution < 1.29 is 14.3 Å². The Morgan fingerprint density at radius 3 is 2.47 bits per heavy atom. The molecule has 0 heterocycles. The average molecular weight is 236 g/mol. The van der Waals surface area contributed by atoms with Crippen molar-refractivity contribution in [1.82, 2.24) is 0 Å². The number of carboxylic acids is 1. The lowest BCUT2D eigenvalue weighted by Gasteiger charge is -2.26. The van der Waals surface area contributed by atoms with Crippen LogP contribution in [0.4, 0.5) is 4.39 Å². The lowest BCUT2D eigenvalue weighted by atomic mass is 9.79. The highest BCUT2D eigenvalue weighted by Gasteiger charge is 2.21. The van der Waals surface area contributed by atoms with Crippen LogP contribution in [-0.2, 0) is 0 Å². The smallest absolute Gasteiger partial charge is 0.338 e. The van der Waals surface area contributed by atoms with E-state index in [1.807, 2.05) is 0 Å². The Morgan fingerprint density at radius 2 is 1.94 bits per heavy atom. The quantitative estimate of drug-likeness (QED) is 0.847. The molecule has 1 aliphatic carbocycles. The Bertz CT molecular complexity index is 420. The molecule has 2 nitrogen and oxygen atoms in total. The normalized spacial score (nSPS) is 24.6. The summed E-state index contributed by atoms with van der Waals surface area (Å²) in [6.07, 6.45) is 4.50. The predicted octanol–water partition coefficient (Wildman–Crippen LogP) is 3.82. The van der Waals surface area contributed by atoms with Crippen LogP contribution in [0.15, 0.2) is 18.2 Å². The Morgan fingerprint density at radius 1 is 1.29 bits per heavy atom. The third-order valence-electron chi connectivity index (χ3n) is 3.71. The first kappa shape index (κ1) is 12.1. The van der Waals surface area contributed by atoms with E-state index in [2.05, 4.69) is 6.92 Å². The van der Waals surface area contributed by atoms with E-state index in [-0.39, 0.29) is 5.56 Å². The maximum atomic E-state index is 13.6. The van der Waals surface area contributed by atoms with E-state index in [9.17, 15) is 9.18 Å². The van der Waals surface area contributed by atoms with Gasteiger partial charge in [0.15, 0.2) is 0 Å². The molecule has 2 rings (SSSR count). The molecule has 0 amide bonds. The van der Waals surface area contributed by atoms with Gasteiger partial charge in [-0.05, 0) is 42.4 Å². The first-order valence-electron chi connectivity index (χ1n) is 6.10. The Kier molecular flexibility index (Phi) is 3.46. The van der Waals surface area contributed by atoms with Gasteiger partial charge in [0.1, 0.15) is 5.82 Å². The largest absolute Gasteiger partial charge is 0.478 e. The standard InChI is InChI=1S/C14H17FO2/c1-9-2-4-10(5-3-9)11-6-7-12(14(16)17)13(15)8-11/h6-10H,2-5H2,1H3,(H,16,17). The summed E-state index contributed by atoms with van der Waals surface area (Å²) >= 11 is 0. The first-order chi connectivity index (χ1) is 8.08. The molecule has 1 saturated carbocycles. The Balaban J connectivity index is 2.17. The van der Waals surface area contributed by atoms with Gasteiger partial charge in [-0.2, -0.15) is 0 Å². The van der Waals surface area contributed by atoms with Crippen molar-refractivity contribution in [3.8, 4) is 0 Å². The van der Waals surface area contributed by atoms with Gasteiger partial charge in [0.05, 0.1) is 5.56 Å². The van der Waals surface area contributed by atoms with Crippen LogP contribution in [0.2, 0.25) is 0 Å². The number of hydrogen-bond acceptors (Lipinski definition) is 1. The van der Waals surface area contributed by atoms with E-state index < -0.39 is 11.8 Å². The zero-order valence-corrected chi connectivity index (χ0v) is 9.95. The topological polar surface area (TPSA) is 37.3 Å². The molecular formula is C14H17FO2. The van der Waals surface area contributed by atoms with Crippen LogP contribution in [0.1, 0.15) is 54.4 Å². The molecular weight excluding hydrogens is 219 g/mol. The van der Waals surface area contributed by atoms with Gasteiger partial charge < -0.3 is 5.11 Å². The second-order valence-electron chi connectivity index (χ2n) is 5.00. The van der Waals surface area contributed by atoms with Crippen LogP contribution in [0.25, 0.3) is 0 Å². The highest BCUT2D eigenvalue weighted by atomic mass is 19.1. The molecule has 0 aromatic heterocycles. The molecule has 3 heteroatoms. The first-order valence-corrected chi connectivity index (χ1v) is 6.10. The second kappa shape index (κ2) is 4.86. The monoisotopic (exact) mass is 236 g/mol. The third kappa shape index (κ3) is 2.65. The van der Waals surface area contributed by atoms with Gasteiger partial charge in [-0.1, -0.05) is 25.8 Å². The van der Waals surface area contributed by atoms with Crippen LogP contribution >= 0.6 is 0 Å². The molecule has 92 valence electrons. The minimum atomic E-state index is -1.20. The summed E-state index contributed by atoms with van der Waals surface area (Å²) in [7, 11) is 0. The molecule has 1 N–H and O–H groups in total. The van der Waals surface area contributed by atoms with E-state index in [1.165, 1.54) is 25.0 Å². The van der Waals surface area contributed by atoms with Crippen molar-refractivity contribution in [2.75, 3.05) is 0 Å². The second-order valence-corrected chi connectivity index (χ2v) is 5.00. The lowest BCUT2D eigenvalue weighted by Crippen LogP contribution is -2.11. The molecule has 1 aromatic rings. The fraction of sp³-hybridized carbons (Fsp3) is 0.500. The van der Waals surface area contributed by atoms with Crippen LogP contribution < -0.4 is 0 Å². The van der Waals surface area contributed by atoms with Gasteiger partial charge in [0, 0.05) is 0 Å². The van der Waals surface area contributed by atoms with Gasteiger partial charge in [-0.25, -0.2) is 9.18 Å². The fourth-order valence-corrected chi connectivity index (χ4v) is 2.55. The van der Waals surface area contributed by atoms with E-state index in [1.54, 1.807) is 6.07 Å². The molecule has 0 atom stereocenters. The summed E-state index contributed by atoms with van der Waals surface area (Å²) in [6.45, 7) is 2.24. The maximum absolute atomic E-state index is 13.6. The molecule has 0 radical (unpaired) electrons. The zero-order valence-electron chi connectivity index (χ0n) is 9.95. The molecule has 1 fully saturated rings. The number of halogens is 1. The van der Waals surface area contributed by atoms with Crippen molar-refractivity contribution in [3.63, 3.8) is 0 Å². The number of carboxylic acid groups (broad SMARTS) is 1. The summed E-state index contributed by atoms with van der Waals surface area (Å²) in [5, 5.41) is 8.76. The van der Waals surface area contributed by atoms with E-state index >= 15 is 0 Å². The van der Waals surface area contributed by atoms with Crippen LogP contribution in [0.5, 0.6) is 0 Å². The molecule has 1 aromatic carbocycles. The SMILES string of the molecule is CC1CCC(c2ccc(C(=O)O)c(F)c2)CC1. The van der Waals surface area contributed by atoms with E-state index in [0.29, 0.717) is 5.92 Å². The van der Waals surface area contributed by atoms with Gasteiger partial charge in [0.25, 0.3) is 0 Å². The van der Waals surface area contributed by atoms with Crippen molar-refractivity contribution in [3.05, 3.63) is 35.1 Å². The van der Waals surface area contributed by atoms with Crippen LogP contribution in [0, 0.1) is 11.7 Å². The predicted molar refractivity (Wildman–Crippen MR) is 63.7 cm³/mol. The molecule has 0 unspecified atom stereocenters. The number of rotatable bonds is 2. The van der Waals surface area contributed by atoms with Gasteiger partial charge in [-0.3, -0.25) is 0 Å². The molecule has 0 bridgehead atoms.